The lowest BCUT2D eigenvalue weighted by molar-refractivity contribution is -0.132. The van der Waals surface area contributed by atoms with Crippen LogP contribution >= 0.6 is 0 Å². The van der Waals surface area contributed by atoms with E-state index in [0.29, 0.717) is 37.0 Å². The van der Waals surface area contributed by atoms with Gasteiger partial charge in [-0.2, -0.15) is 0 Å². The summed E-state index contributed by atoms with van der Waals surface area (Å²) in [5, 5.41) is 6.39. The molecule has 6 heteroatoms. The molecule has 1 saturated heterocycles. The van der Waals surface area contributed by atoms with Gasteiger partial charge in [-0.25, -0.2) is 9.38 Å². The highest BCUT2D eigenvalue weighted by molar-refractivity contribution is 5.81. The molecule has 0 saturated carbocycles. The van der Waals surface area contributed by atoms with Crippen LogP contribution in [0.1, 0.15) is 44.2 Å². The van der Waals surface area contributed by atoms with E-state index in [1.165, 1.54) is 12.5 Å². The Balaban J connectivity index is 1.83. The number of hydrogen-bond donors (Lipinski definition) is 2. The van der Waals surface area contributed by atoms with E-state index in [2.05, 4.69) is 22.5 Å². The van der Waals surface area contributed by atoms with E-state index in [1.54, 1.807) is 13.0 Å². The molecule has 1 heterocycles. The van der Waals surface area contributed by atoms with Gasteiger partial charge in [-0.3, -0.25) is 4.79 Å². The Morgan fingerprint density at radius 2 is 2.19 bits per heavy atom. The van der Waals surface area contributed by atoms with Crippen molar-refractivity contribution in [3.05, 3.63) is 35.1 Å². The molecule has 1 amide bonds. The van der Waals surface area contributed by atoms with Crippen molar-refractivity contribution in [1.82, 2.24) is 15.5 Å². The topological polar surface area (TPSA) is 56.7 Å². The highest BCUT2D eigenvalue weighted by Crippen LogP contribution is 2.16. The average Bonchev–Trinajstić information content (AvgIpc) is 2.62. The first-order valence-corrected chi connectivity index (χ1v) is 9.54. The van der Waals surface area contributed by atoms with Crippen molar-refractivity contribution < 1.29 is 9.18 Å². The molecule has 0 bridgehead atoms. The van der Waals surface area contributed by atoms with E-state index < -0.39 is 0 Å². The number of aliphatic imine (C=N–C) groups is 1. The van der Waals surface area contributed by atoms with Gasteiger partial charge in [0.05, 0.1) is 6.54 Å². The van der Waals surface area contributed by atoms with Gasteiger partial charge in [0.2, 0.25) is 5.91 Å². The molecule has 26 heavy (non-hydrogen) atoms. The van der Waals surface area contributed by atoms with Crippen molar-refractivity contribution in [3.63, 3.8) is 0 Å². The number of rotatable bonds is 6. The van der Waals surface area contributed by atoms with Crippen molar-refractivity contribution in [2.45, 2.75) is 46.6 Å². The van der Waals surface area contributed by atoms with Crippen LogP contribution in [0.25, 0.3) is 0 Å². The SMILES string of the molecule is CCNC(=NCc1ccc(F)c(C)c1)NCCC(=O)N1CCCC(C)C1. The predicted octanol–water partition coefficient (Wildman–Crippen LogP) is 2.84. The fourth-order valence-corrected chi connectivity index (χ4v) is 3.18. The van der Waals surface area contributed by atoms with Crippen LogP contribution in [0.15, 0.2) is 23.2 Å². The first kappa shape index (κ1) is 20.2. The number of carbonyl (C=O) groups is 1. The number of halogens is 1. The molecule has 1 aliphatic rings. The number of aryl methyl sites for hydroxylation is 1. The summed E-state index contributed by atoms with van der Waals surface area (Å²) in [4.78, 5) is 18.8. The summed E-state index contributed by atoms with van der Waals surface area (Å²) in [6.07, 6.45) is 2.77. The minimum atomic E-state index is -0.201. The molecule has 0 radical (unpaired) electrons. The fourth-order valence-electron chi connectivity index (χ4n) is 3.18. The minimum Gasteiger partial charge on any atom is -0.357 e. The standard InChI is InChI=1S/C20H31FN4O/c1-4-22-20(24-13-17-7-8-18(21)16(3)12-17)23-10-9-19(26)25-11-5-6-15(2)14-25/h7-8,12,15H,4-6,9-11,13-14H2,1-3H3,(H2,22,23,24). The van der Waals surface area contributed by atoms with E-state index in [-0.39, 0.29) is 11.7 Å². The van der Waals surface area contributed by atoms with E-state index in [9.17, 15) is 9.18 Å². The van der Waals surface area contributed by atoms with Crippen LogP contribution in [0.5, 0.6) is 0 Å². The van der Waals surface area contributed by atoms with E-state index in [4.69, 9.17) is 0 Å². The molecule has 5 nitrogen and oxygen atoms in total. The maximum atomic E-state index is 13.3. The normalized spacial score (nSPS) is 17.9. The zero-order valence-electron chi connectivity index (χ0n) is 16.1. The van der Waals surface area contributed by atoms with Crippen molar-refractivity contribution >= 4 is 11.9 Å². The summed E-state index contributed by atoms with van der Waals surface area (Å²) in [5.74, 6) is 1.27. The zero-order chi connectivity index (χ0) is 18.9. The summed E-state index contributed by atoms with van der Waals surface area (Å²) in [7, 11) is 0. The molecule has 1 unspecified atom stereocenters. The second-order valence-electron chi connectivity index (χ2n) is 7.04. The van der Waals surface area contributed by atoms with Gasteiger partial charge in [-0.1, -0.05) is 19.1 Å². The largest absolute Gasteiger partial charge is 0.357 e. The number of hydrogen-bond acceptors (Lipinski definition) is 2. The summed E-state index contributed by atoms with van der Waals surface area (Å²) in [6, 6.07) is 5.03. The lowest BCUT2D eigenvalue weighted by Crippen LogP contribution is -2.42. The predicted molar refractivity (Wildman–Crippen MR) is 104 cm³/mol. The summed E-state index contributed by atoms with van der Waals surface area (Å²) in [5.41, 5.74) is 1.58. The first-order chi connectivity index (χ1) is 12.5. The summed E-state index contributed by atoms with van der Waals surface area (Å²) >= 11 is 0. The Kier molecular flexibility index (Phi) is 7.88. The van der Waals surface area contributed by atoms with Gasteiger partial charge in [0, 0.05) is 32.6 Å². The summed E-state index contributed by atoms with van der Waals surface area (Å²) < 4.78 is 13.3. The fraction of sp³-hybridized carbons (Fsp3) is 0.600. The average molecular weight is 362 g/mol. The molecule has 0 aliphatic carbocycles. The van der Waals surface area contributed by atoms with E-state index in [1.807, 2.05) is 17.9 Å². The highest BCUT2D eigenvalue weighted by atomic mass is 19.1. The van der Waals surface area contributed by atoms with Crippen molar-refractivity contribution in [3.8, 4) is 0 Å². The molecule has 1 aliphatic heterocycles. The third-order valence-electron chi connectivity index (χ3n) is 4.63. The maximum Gasteiger partial charge on any atom is 0.224 e. The Morgan fingerprint density at radius 3 is 2.88 bits per heavy atom. The van der Waals surface area contributed by atoms with Crippen molar-refractivity contribution in [2.24, 2.45) is 10.9 Å². The Labute approximate surface area is 156 Å². The van der Waals surface area contributed by atoms with Gasteiger partial charge in [-0.15, -0.1) is 0 Å². The number of nitrogens with one attached hydrogen (secondary N) is 2. The second kappa shape index (κ2) is 10.1. The van der Waals surface area contributed by atoms with Crippen molar-refractivity contribution in [2.75, 3.05) is 26.2 Å². The Bertz CT molecular complexity index is 632. The molecule has 0 spiro atoms. The minimum absolute atomic E-state index is 0.201. The third-order valence-corrected chi connectivity index (χ3v) is 4.63. The molecule has 2 N–H and O–H groups in total. The number of piperidine rings is 1. The molecule has 2 rings (SSSR count). The molecule has 1 aromatic carbocycles. The van der Waals surface area contributed by atoms with Crippen LogP contribution in [0.4, 0.5) is 4.39 Å². The molecule has 1 aromatic rings. The van der Waals surface area contributed by atoms with Crippen LogP contribution in [0, 0.1) is 18.7 Å². The third kappa shape index (κ3) is 6.32. The Morgan fingerprint density at radius 1 is 1.38 bits per heavy atom. The maximum absolute atomic E-state index is 13.3. The van der Waals surface area contributed by atoms with E-state index in [0.717, 1.165) is 31.6 Å². The number of carbonyl (C=O) groups excluding carboxylic acids is 1. The van der Waals surface area contributed by atoms with Gasteiger partial charge in [0.25, 0.3) is 0 Å². The lowest BCUT2D eigenvalue weighted by atomic mass is 10.00. The van der Waals surface area contributed by atoms with Gasteiger partial charge < -0.3 is 15.5 Å². The van der Waals surface area contributed by atoms with Crippen LogP contribution in [0.3, 0.4) is 0 Å². The first-order valence-electron chi connectivity index (χ1n) is 9.54. The molecule has 144 valence electrons. The summed E-state index contributed by atoms with van der Waals surface area (Å²) in [6.45, 7) is 9.46. The monoisotopic (exact) mass is 362 g/mol. The van der Waals surface area contributed by atoms with Crippen LogP contribution < -0.4 is 10.6 Å². The van der Waals surface area contributed by atoms with E-state index >= 15 is 0 Å². The molecular weight excluding hydrogens is 331 g/mol. The number of benzene rings is 1. The Hall–Kier alpha value is -2.11. The lowest BCUT2D eigenvalue weighted by Gasteiger charge is -2.31. The number of guanidine groups is 1. The van der Waals surface area contributed by atoms with Crippen LogP contribution in [0.2, 0.25) is 0 Å². The second-order valence-corrected chi connectivity index (χ2v) is 7.04. The zero-order valence-corrected chi connectivity index (χ0v) is 16.1. The number of likely N-dealkylation sites (tertiary alicyclic amines) is 1. The molecule has 1 atom stereocenters. The molecule has 1 fully saturated rings. The number of nitrogens with zero attached hydrogens (tertiary/aromatic N) is 2. The quantitative estimate of drug-likeness (QED) is 0.604. The molecular formula is C20H31FN4O. The van der Waals surface area contributed by atoms with Crippen LogP contribution in [-0.4, -0.2) is 42.9 Å². The van der Waals surface area contributed by atoms with Crippen molar-refractivity contribution in [1.29, 1.82) is 0 Å². The van der Waals surface area contributed by atoms with Crippen LogP contribution in [-0.2, 0) is 11.3 Å². The van der Waals surface area contributed by atoms with Gasteiger partial charge in [-0.05, 0) is 49.8 Å². The molecule has 0 aromatic heterocycles. The highest BCUT2D eigenvalue weighted by Gasteiger charge is 2.20. The smallest absolute Gasteiger partial charge is 0.224 e. The number of amides is 1. The van der Waals surface area contributed by atoms with Gasteiger partial charge in [0.15, 0.2) is 5.96 Å². The van der Waals surface area contributed by atoms with Gasteiger partial charge in [0.1, 0.15) is 5.82 Å². The van der Waals surface area contributed by atoms with Gasteiger partial charge >= 0.3 is 0 Å².